The smallest absolute Gasteiger partial charge is 0.194 e. The Balaban J connectivity index is 2.00. The lowest BCUT2D eigenvalue weighted by Crippen LogP contribution is -2.40. The van der Waals surface area contributed by atoms with Crippen molar-refractivity contribution in [2.75, 3.05) is 33.7 Å². The zero-order valence-electron chi connectivity index (χ0n) is 15.4. The van der Waals surface area contributed by atoms with Crippen LogP contribution in [0.25, 0.3) is 0 Å². The van der Waals surface area contributed by atoms with E-state index in [0.717, 1.165) is 38.7 Å². The fourth-order valence-corrected chi connectivity index (χ4v) is 3.00. The third-order valence-electron chi connectivity index (χ3n) is 4.24. The van der Waals surface area contributed by atoms with Crippen molar-refractivity contribution in [1.82, 2.24) is 15.1 Å². The van der Waals surface area contributed by atoms with Crippen LogP contribution in [0, 0.1) is 5.41 Å². The quantitative estimate of drug-likeness (QED) is 0.669. The van der Waals surface area contributed by atoms with Gasteiger partial charge in [0.2, 0.25) is 0 Å². The predicted octanol–water partition coefficient (Wildman–Crippen LogP) is 2.95. The standard InChI is InChI=1S/C19H32N4/c1-6-20-18(23-12-11-19(2,3)15-23)21-13-16-7-9-17(10-8-16)14-22(4)5/h7-10H,6,11-15H2,1-5H3,(H,20,21). The molecule has 1 N–H and O–H groups in total. The van der Waals surface area contributed by atoms with E-state index in [1.807, 2.05) is 0 Å². The summed E-state index contributed by atoms with van der Waals surface area (Å²) in [6.45, 7) is 11.6. The Morgan fingerprint density at radius 1 is 1.22 bits per heavy atom. The molecule has 4 heteroatoms. The van der Waals surface area contributed by atoms with Gasteiger partial charge in [0.15, 0.2) is 5.96 Å². The van der Waals surface area contributed by atoms with Crippen molar-refractivity contribution >= 4 is 5.96 Å². The van der Waals surface area contributed by atoms with Gasteiger partial charge in [0.05, 0.1) is 6.54 Å². The van der Waals surface area contributed by atoms with Gasteiger partial charge in [-0.2, -0.15) is 0 Å². The van der Waals surface area contributed by atoms with Gasteiger partial charge in [-0.25, -0.2) is 4.99 Å². The summed E-state index contributed by atoms with van der Waals surface area (Å²) in [5, 5.41) is 3.44. The second-order valence-electron chi connectivity index (χ2n) is 7.56. The SMILES string of the molecule is CCNC(=NCc1ccc(CN(C)C)cc1)N1CCC(C)(C)C1. The van der Waals surface area contributed by atoms with Crippen LogP contribution in [-0.4, -0.2) is 49.5 Å². The summed E-state index contributed by atoms with van der Waals surface area (Å²) in [7, 11) is 4.19. The van der Waals surface area contributed by atoms with Crippen molar-refractivity contribution in [3.8, 4) is 0 Å². The molecule has 1 aromatic rings. The predicted molar refractivity (Wildman–Crippen MR) is 98.6 cm³/mol. The molecule has 128 valence electrons. The van der Waals surface area contributed by atoms with Crippen LogP contribution in [0.3, 0.4) is 0 Å². The van der Waals surface area contributed by atoms with E-state index < -0.39 is 0 Å². The Labute approximate surface area is 141 Å². The van der Waals surface area contributed by atoms with Crippen LogP contribution in [0.4, 0.5) is 0 Å². The van der Waals surface area contributed by atoms with Gasteiger partial charge in [-0.1, -0.05) is 38.1 Å². The highest BCUT2D eigenvalue weighted by atomic mass is 15.3. The molecule has 1 saturated heterocycles. The van der Waals surface area contributed by atoms with Crippen LogP contribution in [0.5, 0.6) is 0 Å². The second kappa shape index (κ2) is 7.82. The van der Waals surface area contributed by atoms with Crippen molar-refractivity contribution in [2.24, 2.45) is 10.4 Å². The summed E-state index contributed by atoms with van der Waals surface area (Å²) in [6, 6.07) is 8.80. The number of nitrogens with zero attached hydrogens (tertiary/aromatic N) is 3. The van der Waals surface area contributed by atoms with Gasteiger partial charge in [-0.15, -0.1) is 0 Å². The lowest BCUT2D eigenvalue weighted by molar-refractivity contribution is 0.370. The molecule has 0 atom stereocenters. The first kappa shape index (κ1) is 17.8. The molecule has 23 heavy (non-hydrogen) atoms. The van der Waals surface area contributed by atoms with Crippen molar-refractivity contribution < 1.29 is 0 Å². The minimum absolute atomic E-state index is 0.393. The maximum Gasteiger partial charge on any atom is 0.194 e. The van der Waals surface area contributed by atoms with E-state index in [-0.39, 0.29) is 0 Å². The highest BCUT2D eigenvalue weighted by molar-refractivity contribution is 5.80. The monoisotopic (exact) mass is 316 g/mol. The van der Waals surface area contributed by atoms with E-state index in [1.165, 1.54) is 17.5 Å². The van der Waals surface area contributed by atoms with Crippen molar-refractivity contribution in [2.45, 2.75) is 40.3 Å². The Bertz CT molecular complexity index is 517. The molecule has 0 aromatic heterocycles. The van der Waals surface area contributed by atoms with E-state index in [9.17, 15) is 0 Å². The molecule has 0 aliphatic carbocycles. The first-order chi connectivity index (χ1) is 10.9. The maximum atomic E-state index is 4.84. The summed E-state index contributed by atoms with van der Waals surface area (Å²) < 4.78 is 0. The normalized spacial score (nSPS) is 17.8. The molecule has 0 bridgehead atoms. The van der Waals surface area contributed by atoms with Crippen LogP contribution < -0.4 is 5.32 Å². The Morgan fingerprint density at radius 3 is 2.39 bits per heavy atom. The van der Waals surface area contributed by atoms with Crippen molar-refractivity contribution in [1.29, 1.82) is 0 Å². The van der Waals surface area contributed by atoms with Gasteiger partial charge >= 0.3 is 0 Å². The third kappa shape index (κ3) is 5.54. The van der Waals surface area contributed by atoms with Crippen LogP contribution in [0.15, 0.2) is 29.3 Å². The van der Waals surface area contributed by atoms with E-state index in [4.69, 9.17) is 4.99 Å². The molecular weight excluding hydrogens is 284 g/mol. The molecule has 1 aliphatic heterocycles. The number of likely N-dealkylation sites (tertiary alicyclic amines) is 1. The first-order valence-electron chi connectivity index (χ1n) is 8.65. The van der Waals surface area contributed by atoms with Crippen molar-refractivity contribution in [3.05, 3.63) is 35.4 Å². The minimum atomic E-state index is 0.393. The molecule has 1 aliphatic rings. The largest absolute Gasteiger partial charge is 0.357 e. The Morgan fingerprint density at radius 2 is 1.87 bits per heavy atom. The van der Waals surface area contributed by atoms with Gasteiger partial charge in [0.25, 0.3) is 0 Å². The molecule has 0 amide bonds. The molecular formula is C19H32N4. The Hall–Kier alpha value is -1.55. The number of hydrogen-bond donors (Lipinski definition) is 1. The van der Waals surface area contributed by atoms with Gasteiger partial charge in [0, 0.05) is 26.2 Å². The molecule has 1 fully saturated rings. The molecule has 0 saturated carbocycles. The van der Waals surface area contributed by atoms with E-state index >= 15 is 0 Å². The average Bonchev–Trinajstić information content (AvgIpc) is 2.84. The fourth-order valence-electron chi connectivity index (χ4n) is 3.00. The van der Waals surface area contributed by atoms with E-state index in [2.05, 4.69) is 74.2 Å². The molecule has 4 nitrogen and oxygen atoms in total. The molecule has 2 rings (SSSR count). The van der Waals surface area contributed by atoms with Crippen LogP contribution >= 0.6 is 0 Å². The first-order valence-corrected chi connectivity index (χ1v) is 8.65. The Kier molecular flexibility index (Phi) is 6.05. The molecule has 0 spiro atoms. The van der Waals surface area contributed by atoms with E-state index in [1.54, 1.807) is 0 Å². The lowest BCUT2D eigenvalue weighted by atomic mass is 9.93. The topological polar surface area (TPSA) is 30.9 Å². The fraction of sp³-hybridized carbons (Fsp3) is 0.632. The second-order valence-corrected chi connectivity index (χ2v) is 7.56. The summed E-state index contributed by atoms with van der Waals surface area (Å²) in [5.41, 5.74) is 3.00. The van der Waals surface area contributed by atoms with Gasteiger partial charge in [-0.3, -0.25) is 0 Å². The van der Waals surface area contributed by atoms with Gasteiger partial charge < -0.3 is 15.1 Å². The van der Waals surface area contributed by atoms with Gasteiger partial charge in [-0.05, 0) is 44.0 Å². The highest BCUT2D eigenvalue weighted by Crippen LogP contribution is 2.28. The van der Waals surface area contributed by atoms with Crippen LogP contribution in [0.2, 0.25) is 0 Å². The summed E-state index contributed by atoms with van der Waals surface area (Å²) >= 11 is 0. The van der Waals surface area contributed by atoms with Crippen molar-refractivity contribution in [3.63, 3.8) is 0 Å². The average molecular weight is 316 g/mol. The number of benzene rings is 1. The van der Waals surface area contributed by atoms with E-state index in [0.29, 0.717) is 5.41 Å². The third-order valence-corrected chi connectivity index (χ3v) is 4.24. The molecule has 0 radical (unpaired) electrons. The zero-order valence-corrected chi connectivity index (χ0v) is 15.4. The number of guanidine groups is 1. The maximum absolute atomic E-state index is 4.84. The minimum Gasteiger partial charge on any atom is -0.357 e. The molecule has 1 aromatic carbocycles. The number of aliphatic imine (C=N–C) groups is 1. The lowest BCUT2D eigenvalue weighted by Gasteiger charge is -2.23. The summed E-state index contributed by atoms with van der Waals surface area (Å²) in [6.07, 6.45) is 1.23. The number of nitrogens with one attached hydrogen (secondary N) is 1. The van der Waals surface area contributed by atoms with Gasteiger partial charge in [0.1, 0.15) is 0 Å². The molecule has 0 unspecified atom stereocenters. The summed E-state index contributed by atoms with van der Waals surface area (Å²) in [4.78, 5) is 9.42. The highest BCUT2D eigenvalue weighted by Gasteiger charge is 2.30. The number of hydrogen-bond acceptors (Lipinski definition) is 2. The molecule has 1 heterocycles. The summed E-state index contributed by atoms with van der Waals surface area (Å²) in [5.74, 6) is 1.05. The zero-order chi connectivity index (χ0) is 16.9. The van der Waals surface area contributed by atoms with Crippen LogP contribution in [-0.2, 0) is 13.1 Å². The van der Waals surface area contributed by atoms with Crippen LogP contribution in [0.1, 0.15) is 38.3 Å². The number of rotatable bonds is 5.